The van der Waals surface area contributed by atoms with Crippen LogP contribution < -0.4 is 9.47 Å². The van der Waals surface area contributed by atoms with Gasteiger partial charge in [0.25, 0.3) is 5.89 Å². The molecule has 4 aromatic rings. The maximum Gasteiger partial charge on any atom is 0.280 e. The molecule has 0 N–H and O–H groups in total. The molecular formula is C21H18FN5O4. The van der Waals surface area contributed by atoms with E-state index in [1.165, 1.54) is 19.2 Å². The molecule has 10 heteroatoms. The fourth-order valence-corrected chi connectivity index (χ4v) is 3.46. The minimum absolute atomic E-state index is 0.141. The Bertz CT molecular complexity index is 1240. The Balaban J connectivity index is 1.39. The lowest BCUT2D eigenvalue weighted by Crippen LogP contribution is -2.22. The van der Waals surface area contributed by atoms with Crippen LogP contribution >= 0.6 is 0 Å². The lowest BCUT2D eigenvalue weighted by molar-refractivity contribution is -0.00127. The van der Waals surface area contributed by atoms with Gasteiger partial charge in [0.05, 0.1) is 33.1 Å². The average molecular weight is 423 g/mol. The molecule has 9 nitrogen and oxygen atoms in total. The second kappa shape index (κ2) is 7.80. The van der Waals surface area contributed by atoms with Crippen molar-refractivity contribution in [3.8, 4) is 34.5 Å². The van der Waals surface area contributed by atoms with Crippen molar-refractivity contribution >= 4 is 0 Å². The normalized spacial score (nSPS) is 15.5. The third kappa shape index (κ3) is 3.50. The van der Waals surface area contributed by atoms with Crippen molar-refractivity contribution in [1.29, 1.82) is 0 Å². The summed E-state index contributed by atoms with van der Waals surface area (Å²) in [5, 5.41) is 12.4. The molecule has 0 saturated carbocycles. The van der Waals surface area contributed by atoms with E-state index in [2.05, 4.69) is 20.5 Å². The Morgan fingerprint density at radius 3 is 2.84 bits per heavy atom. The quantitative estimate of drug-likeness (QED) is 0.482. The van der Waals surface area contributed by atoms with Crippen LogP contribution in [0, 0.1) is 5.82 Å². The summed E-state index contributed by atoms with van der Waals surface area (Å²) in [4.78, 5) is 4.35. The summed E-state index contributed by atoms with van der Waals surface area (Å²) in [5.74, 6) is 0.826. The predicted molar refractivity (Wildman–Crippen MR) is 106 cm³/mol. The van der Waals surface area contributed by atoms with Gasteiger partial charge < -0.3 is 18.7 Å². The van der Waals surface area contributed by atoms with Gasteiger partial charge in [-0.05, 0) is 35.9 Å². The summed E-state index contributed by atoms with van der Waals surface area (Å²) in [7, 11) is 3.03. The van der Waals surface area contributed by atoms with E-state index in [-0.39, 0.29) is 30.2 Å². The summed E-state index contributed by atoms with van der Waals surface area (Å²) in [6, 6.07) is 12.2. The van der Waals surface area contributed by atoms with Gasteiger partial charge in [0, 0.05) is 5.56 Å². The highest BCUT2D eigenvalue weighted by Gasteiger charge is 2.28. The predicted octanol–water partition coefficient (Wildman–Crippen LogP) is 3.42. The molecule has 0 saturated heterocycles. The van der Waals surface area contributed by atoms with E-state index in [9.17, 15) is 4.39 Å². The zero-order valence-corrected chi connectivity index (χ0v) is 16.8. The molecule has 158 valence electrons. The highest BCUT2D eigenvalue weighted by Crippen LogP contribution is 2.32. The standard InChI is InChI=1S/C21H18FN5O4/c1-28-14-5-3-4-12(8-14)18-10-27-16(11-30-18)19(24-26-27)21-23-20(25-31-21)13-6-7-17(29-2)15(22)9-13/h3-9,18H,10-11H2,1-2H3/t18-/m0/s1. The molecule has 0 radical (unpaired) electrons. The minimum atomic E-state index is -0.510. The van der Waals surface area contributed by atoms with Gasteiger partial charge in [0.1, 0.15) is 11.9 Å². The van der Waals surface area contributed by atoms with Crippen molar-refractivity contribution in [1.82, 2.24) is 25.1 Å². The monoisotopic (exact) mass is 423 g/mol. The van der Waals surface area contributed by atoms with Crippen LogP contribution in [0.4, 0.5) is 4.39 Å². The molecule has 1 aliphatic rings. The van der Waals surface area contributed by atoms with E-state index in [4.69, 9.17) is 18.7 Å². The van der Waals surface area contributed by atoms with Crippen LogP contribution in [-0.2, 0) is 17.9 Å². The highest BCUT2D eigenvalue weighted by molar-refractivity contribution is 5.59. The topological polar surface area (TPSA) is 97.3 Å². The maximum atomic E-state index is 14.0. The zero-order chi connectivity index (χ0) is 21.4. The number of fused-ring (bicyclic) bond motifs is 1. The van der Waals surface area contributed by atoms with E-state index in [0.717, 1.165) is 17.0 Å². The first-order valence-electron chi connectivity index (χ1n) is 9.52. The number of halogens is 1. The molecule has 0 fully saturated rings. The molecule has 0 bridgehead atoms. The number of aromatic nitrogens is 5. The Morgan fingerprint density at radius 2 is 2.03 bits per heavy atom. The molecule has 31 heavy (non-hydrogen) atoms. The fourth-order valence-electron chi connectivity index (χ4n) is 3.46. The van der Waals surface area contributed by atoms with Gasteiger partial charge in [-0.25, -0.2) is 9.07 Å². The number of hydrogen-bond acceptors (Lipinski definition) is 8. The Kier molecular flexibility index (Phi) is 4.83. The molecule has 1 aliphatic heterocycles. The van der Waals surface area contributed by atoms with Gasteiger partial charge in [-0.1, -0.05) is 22.5 Å². The average Bonchev–Trinajstić information content (AvgIpc) is 3.45. The summed E-state index contributed by atoms with van der Waals surface area (Å²) in [6.07, 6.45) is -0.183. The lowest BCUT2D eigenvalue weighted by atomic mass is 10.1. The third-order valence-electron chi connectivity index (χ3n) is 5.10. The van der Waals surface area contributed by atoms with Gasteiger partial charge in [-0.2, -0.15) is 4.98 Å². The maximum absolute atomic E-state index is 14.0. The van der Waals surface area contributed by atoms with Crippen LogP contribution in [0.1, 0.15) is 17.4 Å². The summed E-state index contributed by atoms with van der Waals surface area (Å²) in [5.41, 5.74) is 2.62. The van der Waals surface area contributed by atoms with Crippen molar-refractivity contribution in [2.24, 2.45) is 0 Å². The van der Waals surface area contributed by atoms with Crippen molar-refractivity contribution in [2.75, 3.05) is 14.2 Å². The number of ether oxygens (including phenoxy) is 3. The van der Waals surface area contributed by atoms with Crippen LogP contribution in [0.25, 0.3) is 23.0 Å². The first-order chi connectivity index (χ1) is 15.2. The lowest BCUT2D eigenvalue weighted by Gasteiger charge is -2.24. The Labute approximate surface area is 176 Å². The second-order valence-electron chi connectivity index (χ2n) is 6.92. The van der Waals surface area contributed by atoms with Crippen LogP contribution in [0.15, 0.2) is 47.0 Å². The SMILES string of the molecule is COc1cccc([C@@H]2Cn3nnc(-c4nc(-c5ccc(OC)c(F)c5)no4)c3CO2)c1. The van der Waals surface area contributed by atoms with E-state index in [1.54, 1.807) is 17.9 Å². The van der Waals surface area contributed by atoms with E-state index in [0.29, 0.717) is 17.8 Å². The van der Waals surface area contributed by atoms with Gasteiger partial charge in [0.2, 0.25) is 5.82 Å². The van der Waals surface area contributed by atoms with Crippen LogP contribution in [0.3, 0.4) is 0 Å². The molecule has 0 aliphatic carbocycles. The molecule has 0 spiro atoms. The number of nitrogens with zero attached hydrogens (tertiary/aromatic N) is 5. The Morgan fingerprint density at radius 1 is 1.13 bits per heavy atom. The number of methoxy groups -OCH3 is 2. The molecule has 2 aromatic carbocycles. The summed E-state index contributed by atoms with van der Waals surface area (Å²) in [6.45, 7) is 0.763. The Hall–Kier alpha value is -3.79. The molecule has 3 heterocycles. The number of benzene rings is 2. The minimum Gasteiger partial charge on any atom is -0.497 e. The first kappa shape index (κ1) is 19.2. The number of hydrogen-bond donors (Lipinski definition) is 0. The molecule has 2 aromatic heterocycles. The molecule has 0 unspecified atom stereocenters. The largest absolute Gasteiger partial charge is 0.497 e. The van der Waals surface area contributed by atoms with Crippen LogP contribution in [0.2, 0.25) is 0 Å². The van der Waals surface area contributed by atoms with E-state index < -0.39 is 5.82 Å². The molecule has 1 atom stereocenters. The van der Waals surface area contributed by atoms with Gasteiger partial charge >= 0.3 is 0 Å². The molecule has 0 amide bonds. The van der Waals surface area contributed by atoms with Crippen molar-refractivity contribution in [3.05, 3.63) is 59.5 Å². The molecular weight excluding hydrogens is 405 g/mol. The van der Waals surface area contributed by atoms with Gasteiger partial charge in [0.15, 0.2) is 17.3 Å². The summed E-state index contributed by atoms with van der Waals surface area (Å²) < 4.78 is 37.4. The highest BCUT2D eigenvalue weighted by atomic mass is 19.1. The van der Waals surface area contributed by atoms with Crippen molar-refractivity contribution < 1.29 is 23.1 Å². The van der Waals surface area contributed by atoms with Crippen LogP contribution in [0.5, 0.6) is 11.5 Å². The van der Waals surface area contributed by atoms with Crippen molar-refractivity contribution in [3.63, 3.8) is 0 Å². The summed E-state index contributed by atoms with van der Waals surface area (Å²) >= 11 is 0. The van der Waals surface area contributed by atoms with E-state index >= 15 is 0 Å². The van der Waals surface area contributed by atoms with Crippen molar-refractivity contribution in [2.45, 2.75) is 19.3 Å². The molecule has 5 rings (SSSR count). The number of rotatable bonds is 5. The van der Waals surface area contributed by atoms with Gasteiger partial charge in [-0.15, -0.1) is 5.10 Å². The van der Waals surface area contributed by atoms with Crippen LogP contribution in [-0.4, -0.2) is 39.4 Å². The van der Waals surface area contributed by atoms with E-state index in [1.807, 2.05) is 24.3 Å². The van der Waals surface area contributed by atoms with Gasteiger partial charge in [-0.3, -0.25) is 0 Å². The first-order valence-corrected chi connectivity index (χ1v) is 9.52. The third-order valence-corrected chi connectivity index (χ3v) is 5.10. The smallest absolute Gasteiger partial charge is 0.280 e. The second-order valence-corrected chi connectivity index (χ2v) is 6.92. The zero-order valence-electron chi connectivity index (χ0n) is 16.8. The fraction of sp³-hybridized carbons (Fsp3) is 0.238.